The van der Waals surface area contributed by atoms with Crippen LogP contribution in [0.3, 0.4) is 0 Å². The Morgan fingerprint density at radius 1 is 1.52 bits per heavy atom. The van der Waals surface area contributed by atoms with Gasteiger partial charge in [-0.05, 0) is 16.7 Å². The van der Waals surface area contributed by atoms with Gasteiger partial charge >= 0.3 is 0 Å². The molecule has 21 heavy (non-hydrogen) atoms. The second-order valence-corrected chi connectivity index (χ2v) is 5.29. The fourth-order valence-corrected chi connectivity index (χ4v) is 2.42. The number of hydrogen-bond acceptors (Lipinski definition) is 6. The lowest BCUT2D eigenvalue weighted by Crippen LogP contribution is -2.30. The topological polar surface area (TPSA) is 92.6 Å². The summed E-state index contributed by atoms with van der Waals surface area (Å²) in [5.74, 6) is 0.437. The fraction of sp³-hybridized carbons (Fsp3) is 0.250. The summed E-state index contributed by atoms with van der Waals surface area (Å²) in [5.41, 5.74) is 1.85. The van der Waals surface area contributed by atoms with Crippen LogP contribution in [0.15, 0.2) is 29.2 Å². The van der Waals surface area contributed by atoms with Crippen LogP contribution >= 0.6 is 11.3 Å². The Bertz CT molecular complexity index is 704. The van der Waals surface area contributed by atoms with Crippen molar-refractivity contribution in [2.75, 3.05) is 7.05 Å². The summed E-state index contributed by atoms with van der Waals surface area (Å²) in [6.45, 7) is 0.549. The number of aromatic amines is 1. The molecule has 0 bridgehead atoms. The van der Waals surface area contributed by atoms with Gasteiger partial charge in [0, 0.05) is 36.3 Å². The molecule has 0 saturated heterocycles. The maximum absolute atomic E-state index is 12.1. The molecule has 0 fully saturated rings. The number of rotatable bonds is 5. The highest BCUT2D eigenvalue weighted by Gasteiger charge is 2.13. The summed E-state index contributed by atoms with van der Waals surface area (Å²) in [6, 6.07) is 1.92. The predicted molar refractivity (Wildman–Crippen MR) is 76.2 cm³/mol. The van der Waals surface area contributed by atoms with Gasteiger partial charge in [-0.3, -0.25) is 9.89 Å². The normalized spacial score (nSPS) is 10.7. The Balaban J connectivity index is 1.62. The number of amides is 1. The van der Waals surface area contributed by atoms with E-state index in [9.17, 15) is 4.79 Å². The Morgan fingerprint density at radius 2 is 2.43 bits per heavy atom. The molecule has 0 aromatic carbocycles. The number of carbonyl (C=O) groups excluding carboxylic acids is 1. The zero-order valence-corrected chi connectivity index (χ0v) is 12.1. The van der Waals surface area contributed by atoms with E-state index in [0.717, 1.165) is 11.1 Å². The van der Waals surface area contributed by atoms with E-state index in [-0.39, 0.29) is 12.5 Å². The number of aromatic nitrogens is 6. The molecule has 0 aliphatic heterocycles. The molecular weight excluding hydrogens is 290 g/mol. The van der Waals surface area contributed by atoms with E-state index in [1.165, 1.54) is 4.80 Å². The lowest BCUT2D eigenvalue weighted by molar-refractivity contribution is -0.131. The average Bonchev–Trinajstić information content (AvgIpc) is 3.20. The number of carbonyl (C=O) groups is 1. The Hall–Kier alpha value is -2.55. The molecule has 0 spiro atoms. The van der Waals surface area contributed by atoms with Gasteiger partial charge in [0.25, 0.3) is 0 Å². The van der Waals surface area contributed by atoms with E-state index in [4.69, 9.17) is 0 Å². The van der Waals surface area contributed by atoms with Crippen molar-refractivity contribution in [2.24, 2.45) is 0 Å². The van der Waals surface area contributed by atoms with Crippen LogP contribution in [0.5, 0.6) is 0 Å². The van der Waals surface area contributed by atoms with Gasteiger partial charge in [-0.2, -0.15) is 21.2 Å². The molecule has 1 N–H and O–H groups in total. The minimum Gasteiger partial charge on any atom is -0.340 e. The van der Waals surface area contributed by atoms with E-state index in [0.29, 0.717) is 12.4 Å². The van der Waals surface area contributed by atoms with E-state index in [2.05, 4.69) is 25.6 Å². The van der Waals surface area contributed by atoms with Gasteiger partial charge in [0.15, 0.2) is 0 Å². The van der Waals surface area contributed by atoms with Crippen LogP contribution in [-0.2, 0) is 17.9 Å². The highest BCUT2D eigenvalue weighted by molar-refractivity contribution is 7.08. The standard InChI is InChI=1S/C12H13N7OS/c1-18(6-9-4-13-14-5-9)11(20)7-19-16-12(15-17-19)10-2-3-21-8-10/h2-5,8H,6-7H2,1H3,(H,13,14). The van der Waals surface area contributed by atoms with E-state index < -0.39 is 0 Å². The summed E-state index contributed by atoms with van der Waals surface area (Å²) < 4.78 is 0. The summed E-state index contributed by atoms with van der Waals surface area (Å²) in [5, 5.41) is 22.5. The zero-order valence-electron chi connectivity index (χ0n) is 11.3. The maximum atomic E-state index is 12.1. The molecule has 0 radical (unpaired) electrons. The third-order valence-corrected chi connectivity index (χ3v) is 3.59. The molecule has 1 amide bonds. The molecule has 3 aromatic rings. The summed E-state index contributed by atoms with van der Waals surface area (Å²) in [6.07, 6.45) is 3.44. The molecule has 0 unspecified atom stereocenters. The van der Waals surface area contributed by atoms with Gasteiger partial charge in [-0.15, -0.1) is 10.2 Å². The Kier molecular flexibility index (Phi) is 3.73. The summed E-state index contributed by atoms with van der Waals surface area (Å²) >= 11 is 1.56. The average molecular weight is 303 g/mol. The van der Waals surface area contributed by atoms with Crippen molar-refractivity contribution in [2.45, 2.75) is 13.1 Å². The first-order valence-corrected chi connectivity index (χ1v) is 7.18. The highest BCUT2D eigenvalue weighted by Crippen LogP contribution is 2.16. The minimum atomic E-state index is -0.0922. The Labute approximate surface area is 124 Å². The number of hydrogen-bond donors (Lipinski definition) is 1. The summed E-state index contributed by atoms with van der Waals surface area (Å²) in [4.78, 5) is 15.0. The first kappa shape index (κ1) is 13.4. The third-order valence-electron chi connectivity index (χ3n) is 2.91. The molecule has 3 heterocycles. The molecule has 3 aromatic heterocycles. The van der Waals surface area contributed by atoms with Gasteiger partial charge in [0.05, 0.1) is 6.20 Å². The van der Waals surface area contributed by atoms with Gasteiger partial charge in [0.1, 0.15) is 6.54 Å². The van der Waals surface area contributed by atoms with E-state index in [1.807, 2.05) is 16.8 Å². The molecule has 3 rings (SSSR count). The first-order valence-electron chi connectivity index (χ1n) is 6.24. The van der Waals surface area contributed by atoms with Gasteiger partial charge in [0.2, 0.25) is 11.7 Å². The van der Waals surface area contributed by atoms with Crippen LogP contribution in [0.4, 0.5) is 0 Å². The number of nitrogens with one attached hydrogen (secondary N) is 1. The van der Waals surface area contributed by atoms with Crippen LogP contribution in [-0.4, -0.2) is 48.3 Å². The number of tetrazole rings is 1. The molecule has 9 heteroatoms. The molecular formula is C12H13N7OS. The van der Waals surface area contributed by atoms with Gasteiger partial charge < -0.3 is 4.90 Å². The molecule has 0 aliphatic rings. The highest BCUT2D eigenvalue weighted by atomic mass is 32.1. The maximum Gasteiger partial charge on any atom is 0.246 e. The molecule has 108 valence electrons. The van der Waals surface area contributed by atoms with Crippen LogP contribution in [0.2, 0.25) is 0 Å². The van der Waals surface area contributed by atoms with Crippen molar-refractivity contribution in [3.8, 4) is 11.4 Å². The Morgan fingerprint density at radius 3 is 3.14 bits per heavy atom. The lowest BCUT2D eigenvalue weighted by atomic mass is 10.3. The molecule has 0 aliphatic carbocycles. The number of H-pyrrole nitrogens is 1. The predicted octanol–water partition coefficient (Wildman–Crippen LogP) is 0.783. The second kappa shape index (κ2) is 5.83. The zero-order chi connectivity index (χ0) is 14.7. The van der Waals surface area contributed by atoms with Crippen molar-refractivity contribution >= 4 is 17.2 Å². The monoisotopic (exact) mass is 303 g/mol. The van der Waals surface area contributed by atoms with Gasteiger partial charge in [-0.1, -0.05) is 0 Å². The van der Waals surface area contributed by atoms with Crippen LogP contribution in [0, 0.1) is 0 Å². The fourth-order valence-electron chi connectivity index (χ4n) is 1.79. The number of thiophene rings is 1. The van der Waals surface area contributed by atoms with Crippen molar-refractivity contribution in [3.63, 3.8) is 0 Å². The SMILES string of the molecule is CN(Cc1cn[nH]c1)C(=O)Cn1nnc(-c2ccsc2)n1. The minimum absolute atomic E-state index is 0.0610. The van der Waals surface area contributed by atoms with E-state index in [1.54, 1.807) is 35.7 Å². The number of likely N-dealkylation sites (N-methyl/N-ethyl adjacent to an activating group) is 1. The molecule has 8 nitrogen and oxygen atoms in total. The molecule has 0 saturated carbocycles. The van der Waals surface area contributed by atoms with Crippen molar-refractivity contribution in [3.05, 3.63) is 34.8 Å². The van der Waals surface area contributed by atoms with Crippen molar-refractivity contribution in [1.29, 1.82) is 0 Å². The van der Waals surface area contributed by atoms with Gasteiger partial charge in [-0.25, -0.2) is 0 Å². The quantitative estimate of drug-likeness (QED) is 0.752. The lowest BCUT2D eigenvalue weighted by Gasteiger charge is -2.15. The van der Waals surface area contributed by atoms with Crippen molar-refractivity contribution < 1.29 is 4.79 Å². The summed E-state index contributed by atoms with van der Waals surface area (Å²) in [7, 11) is 1.73. The second-order valence-electron chi connectivity index (χ2n) is 4.51. The molecule has 0 atom stereocenters. The van der Waals surface area contributed by atoms with E-state index >= 15 is 0 Å². The largest absolute Gasteiger partial charge is 0.340 e. The smallest absolute Gasteiger partial charge is 0.246 e. The third kappa shape index (κ3) is 3.14. The number of nitrogens with zero attached hydrogens (tertiary/aromatic N) is 6. The van der Waals surface area contributed by atoms with Crippen LogP contribution in [0.25, 0.3) is 11.4 Å². The van der Waals surface area contributed by atoms with Crippen LogP contribution < -0.4 is 0 Å². The van der Waals surface area contributed by atoms with Crippen LogP contribution in [0.1, 0.15) is 5.56 Å². The first-order chi connectivity index (χ1) is 10.2. The van der Waals surface area contributed by atoms with Crippen molar-refractivity contribution in [1.82, 2.24) is 35.3 Å².